The number of anilines is 1. The van der Waals surface area contributed by atoms with Gasteiger partial charge in [0.25, 0.3) is 11.8 Å². The van der Waals surface area contributed by atoms with Gasteiger partial charge < -0.3 is 25.0 Å². The monoisotopic (exact) mass is 543 g/mol. The number of hydrogen-bond donors (Lipinski definition) is 2. The topological polar surface area (TPSA) is 99.2 Å². The van der Waals surface area contributed by atoms with Crippen LogP contribution in [0.1, 0.15) is 66.8 Å². The van der Waals surface area contributed by atoms with Crippen LogP contribution in [0.2, 0.25) is 0 Å². The molecule has 1 saturated heterocycles. The Balaban J connectivity index is 1.42. The molecule has 8 heteroatoms. The van der Waals surface area contributed by atoms with Gasteiger partial charge >= 0.3 is 6.09 Å². The van der Waals surface area contributed by atoms with Crippen LogP contribution in [-0.4, -0.2) is 64.6 Å². The zero-order valence-electron chi connectivity index (χ0n) is 23.7. The molecule has 0 atom stereocenters. The van der Waals surface area contributed by atoms with Gasteiger partial charge in [-0.15, -0.1) is 0 Å². The average Bonchev–Trinajstić information content (AvgIpc) is 2.91. The van der Waals surface area contributed by atoms with Crippen LogP contribution < -0.4 is 5.32 Å². The summed E-state index contributed by atoms with van der Waals surface area (Å²) in [6.07, 6.45) is -0.368. The van der Waals surface area contributed by atoms with Crippen molar-refractivity contribution in [3.63, 3.8) is 0 Å². The molecule has 0 saturated carbocycles. The normalized spacial score (nSPS) is 13.8. The van der Waals surface area contributed by atoms with E-state index in [1.807, 2.05) is 45.0 Å². The van der Waals surface area contributed by atoms with Crippen molar-refractivity contribution in [3.05, 3.63) is 83.4 Å². The third-order valence-electron chi connectivity index (χ3n) is 6.67. The number of ether oxygens (including phenoxy) is 1. The van der Waals surface area contributed by atoms with Crippen molar-refractivity contribution in [2.75, 3.05) is 31.5 Å². The molecule has 1 fully saturated rings. The first kappa shape index (κ1) is 28.7. The van der Waals surface area contributed by atoms with Crippen LogP contribution in [0.3, 0.4) is 0 Å². The van der Waals surface area contributed by atoms with E-state index in [1.54, 1.807) is 46.2 Å². The predicted octanol–water partition coefficient (Wildman–Crippen LogP) is 6.13. The van der Waals surface area contributed by atoms with Crippen LogP contribution in [0, 0.1) is 0 Å². The first-order valence-electron chi connectivity index (χ1n) is 13.5. The van der Waals surface area contributed by atoms with Crippen molar-refractivity contribution >= 4 is 23.6 Å². The van der Waals surface area contributed by atoms with Gasteiger partial charge in [-0.1, -0.05) is 38.1 Å². The molecule has 1 aliphatic heterocycles. The largest absolute Gasteiger partial charge is 0.508 e. The zero-order chi connectivity index (χ0) is 29.0. The average molecular weight is 544 g/mol. The molecule has 2 N–H and O–H groups in total. The summed E-state index contributed by atoms with van der Waals surface area (Å²) in [4.78, 5) is 41.7. The highest BCUT2D eigenvalue weighted by atomic mass is 16.6. The molecule has 40 heavy (non-hydrogen) atoms. The highest BCUT2D eigenvalue weighted by molar-refractivity contribution is 6.05. The zero-order valence-corrected chi connectivity index (χ0v) is 23.7. The number of carbonyl (C=O) groups is 3. The number of nitrogens with zero attached hydrogens (tertiary/aromatic N) is 2. The summed E-state index contributed by atoms with van der Waals surface area (Å²) in [5.74, 6) is -0.132. The number of phenols is 1. The smallest absolute Gasteiger partial charge is 0.410 e. The van der Waals surface area contributed by atoms with Crippen molar-refractivity contribution in [1.82, 2.24) is 9.80 Å². The van der Waals surface area contributed by atoms with Crippen molar-refractivity contribution in [2.24, 2.45) is 0 Å². The molecular weight excluding hydrogens is 506 g/mol. The van der Waals surface area contributed by atoms with Crippen LogP contribution in [0.4, 0.5) is 10.5 Å². The lowest BCUT2D eigenvalue weighted by atomic mass is 10.00. The summed E-state index contributed by atoms with van der Waals surface area (Å²) >= 11 is 0. The van der Waals surface area contributed by atoms with E-state index in [2.05, 4.69) is 19.2 Å². The minimum absolute atomic E-state index is 0.0263. The van der Waals surface area contributed by atoms with Crippen LogP contribution in [0.15, 0.2) is 66.7 Å². The lowest BCUT2D eigenvalue weighted by molar-refractivity contribution is 0.0141. The van der Waals surface area contributed by atoms with E-state index in [4.69, 9.17) is 4.74 Å². The lowest BCUT2D eigenvalue weighted by Gasteiger charge is -2.35. The summed E-state index contributed by atoms with van der Waals surface area (Å²) in [7, 11) is 0. The second kappa shape index (κ2) is 11.8. The molecule has 3 aromatic rings. The molecule has 3 amide bonds. The molecule has 0 bridgehead atoms. The van der Waals surface area contributed by atoms with Crippen molar-refractivity contribution in [1.29, 1.82) is 0 Å². The van der Waals surface area contributed by atoms with Crippen molar-refractivity contribution < 1.29 is 24.2 Å². The number of phenolic OH excluding ortho intramolecular Hbond substituents is 1. The highest BCUT2D eigenvalue weighted by Gasteiger charge is 2.28. The summed E-state index contributed by atoms with van der Waals surface area (Å²) in [6.45, 7) is 11.3. The number of amides is 3. The molecule has 0 aliphatic carbocycles. The van der Waals surface area contributed by atoms with Gasteiger partial charge in [0.15, 0.2) is 0 Å². The number of piperazine rings is 1. The van der Waals surface area contributed by atoms with E-state index in [-0.39, 0.29) is 23.7 Å². The van der Waals surface area contributed by atoms with E-state index in [0.717, 1.165) is 11.1 Å². The third-order valence-corrected chi connectivity index (χ3v) is 6.67. The van der Waals surface area contributed by atoms with Crippen molar-refractivity contribution in [2.45, 2.75) is 46.1 Å². The third kappa shape index (κ3) is 7.20. The molecule has 0 aromatic heterocycles. The number of carbonyl (C=O) groups excluding carboxylic acids is 3. The minimum atomic E-state index is -0.564. The number of aromatic hydroxyl groups is 1. The van der Waals surface area contributed by atoms with Gasteiger partial charge in [0, 0.05) is 43.0 Å². The van der Waals surface area contributed by atoms with Crippen LogP contribution in [0.25, 0.3) is 11.1 Å². The molecule has 1 aliphatic rings. The van der Waals surface area contributed by atoms with Gasteiger partial charge in [0.2, 0.25) is 0 Å². The predicted molar refractivity (Wildman–Crippen MR) is 156 cm³/mol. The molecular formula is C32H37N3O5. The highest BCUT2D eigenvalue weighted by Crippen LogP contribution is 2.27. The molecule has 3 aromatic carbocycles. The number of benzene rings is 3. The van der Waals surface area contributed by atoms with Crippen LogP contribution in [0.5, 0.6) is 5.75 Å². The maximum atomic E-state index is 13.1. The Labute approximate surface area is 235 Å². The van der Waals surface area contributed by atoms with E-state index < -0.39 is 5.60 Å². The Morgan fingerprint density at radius 1 is 0.825 bits per heavy atom. The van der Waals surface area contributed by atoms with Gasteiger partial charge in [0.05, 0.1) is 0 Å². The molecule has 4 rings (SSSR count). The molecule has 210 valence electrons. The minimum Gasteiger partial charge on any atom is -0.508 e. The van der Waals surface area contributed by atoms with E-state index in [0.29, 0.717) is 54.5 Å². The van der Waals surface area contributed by atoms with Crippen LogP contribution in [-0.2, 0) is 4.74 Å². The Bertz CT molecular complexity index is 1380. The van der Waals surface area contributed by atoms with E-state index >= 15 is 0 Å². The van der Waals surface area contributed by atoms with E-state index in [9.17, 15) is 19.5 Å². The summed E-state index contributed by atoms with van der Waals surface area (Å²) < 4.78 is 5.43. The van der Waals surface area contributed by atoms with Crippen molar-refractivity contribution in [3.8, 4) is 16.9 Å². The number of nitrogens with one attached hydrogen (secondary N) is 1. The molecule has 0 radical (unpaired) electrons. The quantitative estimate of drug-likeness (QED) is 0.404. The number of rotatable bonds is 5. The second-order valence-corrected chi connectivity index (χ2v) is 11.3. The van der Waals surface area contributed by atoms with E-state index in [1.165, 1.54) is 6.07 Å². The summed E-state index contributed by atoms with van der Waals surface area (Å²) in [5.41, 5.74) is 3.52. The Hall–Kier alpha value is -4.33. The van der Waals surface area contributed by atoms with Crippen LogP contribution >= 0.6 is 0 Å². The molecule has 0 unspecified atom stereocenters. The fraction of sp³-hybridized carbons (Fsp3) is 0.344. The maximum Gasteiger partial charge on any atom is 0.410 e. The first-order chi connectivity index (χ1) is 18.9. The Morgan fingerprint density at radius 2 is 1.48 bits per heavy atom. The lowest BCUT2D eigenvalue weighted by Crippen LogP contribution is -2.51. The Kier molecular flexibility index (Phi) is 8.47. The fourth-order valence-corrected chi connectivity index (χ4v) is 4.49. The first-order valence-corrected chi connectivity index (χ1v) is 13.5. The van der Waals surface area contributed by atoms with Gasteiger partial charge in [-0.3, -0.25) is 9.59 Å². The molecule has 8 nitrogen and oxygen atoms in total. The van der Waals surface area contributed by atoms with Gasteiger partial charge in [-0.2, -0.15) is 0 Å². The molecule has 1 heterocycles. The Morgan fingerprint density at radius 3 is 2.10 bits per heavy atom. The second-order valence-electron chi connectivity index (χ2n) is 11.3. The maximum absolute atomic E-state index is 13.1. The van der Waals surface area contributed by atoms with Gasteiger partial charge in [0.1, 0.15) is 11.4 Å². The summed E-state index contributed by atoms with van der Waals surface area (Å²) in [6, 6.07) is 19.5. The summed E-state index contributed by atoms with van der Waals surface area (Å²) in [5, 5.41) is 13.3. The molecule has 0 spiro atoms. The SMILES string of the molecule is CC(C)c1cccc(NC(=O)c2cc(O)cc(-c3ccc(C(=O)N4CCN(C(=O)OC(C)(C)C)CC4)cc3)c2)c1. The standard InChI is InChI=1S/C32H37N3O5/c1-21(2)24-7-6-8-27(18-24)33-29(37)26-17-25(19-28(36)20-26)22-9-11-23(12-10-22)30(38)34-13-15-35(16-14-34)31(39)40-32(3,4)5/h6-12,17-21,36H,13-16H2,1-5H3,(H,33,37). The van der Waals surface area contributed by atoms with Gasteiger partial charge in [-0.05, 0) is 85.8 Å². The number of hydrogen-bond acceptors (Lipinski definition) is 5. The van der Waals surface area contributed by atoms with Gasteiger partial charge in [-0.25, -0.2) is 4.79 Å². The fourth-order valence-electron chi connectivity index (χ4n) is 4.49.